The molecule has 4 rings (SSSR count). The van der Waals surface area contributed by atoms with Gasteiger partial charge in [-0.2, -0.15) is 18.3 Å². The summed E-state index contributed by atoms with van der Waals surface area (Å²) in [4.78, 5) is 16.1. The van der Waals surface area contributed by atoms with Gasteiger partial charge in [0.1, 0.15) is 17.2 Å². The van der Waals surface area contributed by atoms with E-state index in [1.165, 1.54) is 36.5 Å². The second-order valence-corrected chi connectivity index (χ2v) is 9.26. The minimum absolute atomic E-state index is 0.0230. The Morgan fingerprint density at radius 1 is 1.13 bits per heavy atom. The highest BCUT2D eigenvalue weighted by Crippen LogP contribution is 2.36. The number of anilines is 2. The van der Waals surface area contributed by atoms with Gasteiger partial charge in [0, 0.05) is 42.5 Å². The highest BCUT2D eigenvalue weighted by Gasteiger charge is 2.33. The average Bonchev–Trinajstić information content (AvgIpc) is 3.28. The summed E-state index contributed by atoms with van der Waals surface area (Å²) in [5.41, 5.74) is 5.12. The molecule has 4 N–H and O–H groups in total. The molecule has 1 saturated carbocycles. The lowest BCUT2D eigenvalue weighted by Gasteiger charge is -2.36. The van der Waals surface area contributed by atoms with E-state index >= 15 is 0 Å². The van der Waals surface area contributed by atoms with Crippen LogP contribution in [0, 0.1) is 17.6 Å². The summed E-state index contributed by atoms with van der Waals surface area (Å²) in [5, 5.41) is 10.6. The lowest BCUT2D eigenvalue weighted by Crippen LogP contribution is -2.39. The molecule has 0 saturated heterocycles. The summed E-state index contributed by atoms with van der Waals surface area (Å²) >= 11 is 0. The minimum atomic E-state index is -4.47. The smallest absolute Gasteiger partial charge is 0.365 e. The first-order chi connectivity index (χ1) is 18.1. The predicted molar refractivity (Wildman–Crippen MR) is 133 cm³/mol. The van der Waals surface area contributed by atoms with E-state index in [0.29, 0.717) is 31.5 Å². The monoisotopic (exact) mass is 534 g/mol. The molecule has 202 valence electrons. The number of aliphatic imine (C=N–C) groups is 1. The fraction of sp³-hybridized carbons (Fsp3) is 0.346. The van der Waals surface area contributed by atoms with Crippen LogP contribution in [0.4, 0.5) is 33.5 Å². The number of carbonyl (C=O) groups is 1. The third-order valence-electron chi connectivity index (χ3n) is 6.75. The summed E-state index contributed by atoms with van der Waals surface area (Å²) in [6, 6.07) is 7.87. The van der Waals surface area contributed by atoms with Crippen LogP contribution in [0.2, 0.25) is 0 Å². The van der Waals surface area contributed by atoms with Gasteiger partial charge < -0.3 is 21.4 Å². The summed E-state index contributed by atoms with van der Waals surface area (Å²) in [6.45, 7) is 4.02. The first-order valence-electron chi connectivity index (χ1n) is 12.0. The largest absolute Gasteiger partial charge is 0.416 e. The second-order valence-electron chi connectivity index (χ2n) is 9.26. The van der Waals surface area contributed by atoms with E-state index in [1.807, 2.05) is 0 Å². The molecule has 1 aliphatic rings. The molecule has 1 amide bonds. The maximum Gasteiger partial charge on any atom is 0.416 e. The molecule has 0 spiro atoms. The number of halogens is 5. The summed E-state index contributed by atoms with van der Waals surface area (Å²) < 4.78 is 68.3. The van der Waals surface area contributed by atoms with Gasteiger partial charge in [-0.3, -0.25) is 9.48 Å². The normalized spacial score (nSPS) is 19.8. The van der Waals surface area contributed by atoms with E-state index in [2.05, 4.69) is 27.4 Å². The molecule has 0 aliphatic heterocycles. The summed E-state index contributed by atoms with van der Waals surface area (Å²) in [7, 11) is 0. The molecule has 7 nitrogen and oxygen atoms in total. The molecule has 1 fully saturated rings. The minimum Gasteiger partial charge on any atom is -0.365 e. The molecule has 1 aromatic heterocycles. The zero-order valence-electron chi connectivity index (χ0n) is 20.3. The average molecular weight is 535 g/mol. The van der Waals surface area contributed by atoms with Gasteiger partial charge in [-0.1, -0.05) is 6.07 Å². The second kappa shape index (κ2) is 11.3. The van der Waals surface area contributed by atoms with Crippen LogP contribution in [0.15, 0.2) is 53.7 Å². The molecule has 0 radical (unpaired) electrons. The Morgan fingerprint density at radius 3 is 2.42 bits per heavy atom. The van der Waals surface area contributed by atoms with Crippen molar-refractivity contribution in [1.29, 1.82) is 0 Å². The predicted octanol–water partition coefficient (Wildman–Crippen LogP) is 5.22. The molecule has 0 bridgehead atoms. The van der Waals surface area contributed by atoms with Crippen molar-refractivity contribution in [2.45, 2.75) is 44.1 Å². The van der Waals surface area contributed by atoms with Gasteiger partial charge in [0.15, 0.2) is 5.82 Å². The van der Waals surface area contributed by atoms with Crippen molar-refractivity contribution in [2.24, 2.45) is 16.6 Å². The number of amides is 1. The van der Waals surface area contributed by atoms with Gasteiger partial charge in [0.2, 0.25) is 0 Å². The number of nitrogens with one attached hydrogen (secondary N) is 2. The van der Waals surface area contributed by atoms with Crippen molar-refractivity contribution < 1.29 is 26.7 Å². The van der Waals surface area contributed by atoms with Gasteiger partial charge in [0.05, 0.1) is 11.6 Å². The van der Waals surface area contributed by atoms with Gasteiger partial charge >= 0.3 is 6.18 Å². The maximum atomic E-state index is 14.0. The molecular formula is C26H27F5N6O. The number of carbonyl (C=O) groups excluding carboxylic acids is 1. The molecule has 3 unspecified atom stereocenters. The van der Waals surface area contributed by atoms with Crippen LogP contribution in [0.1, 0.15) is 46.8 Å². The van der Waals surface area contributed by atoms with Gasteiger partial charge in [-0.15, -0.1) is 0 Å². The van der Waals surface area contributed by atoms with Crippen molar-refractivity contribution in [2.75, 3.05) is 11.9 Å². The van der Waals surface area contributed by atoms with Crippen LogP contribution >= 0.6 is 0 Å². The molecular weight excluding hydrogens is 507 g/mol. The Morgan fingerprint density at radius 2 is 1.82 bits per heavy atom. The molecule has 1 heterocycles. The quantitative estimate of drug-likeness (QED) is 0.259. The Labute approximate surface area is 215 Å². The van der Waals surface area contributed by atoms with Crippen molar-refractivity contribution in [3.05, 3.63) is 77.0 Å². The molecule has 3 aromatic rings. The Hall–Kier alpha value is -3.80. The van der Waals surface area contributed by atoms with E-state index in [4.69, 9.17) is 5.73 Å². The topological polar surface area (TPSA) is 97.3 Å². The summed E-state index contributed by atoms with van der Waals surface area (Å²) in [5.74, 6) is -1.90. The number of nitrogens with zero attached hydrogens (tertiary/aromatic N) is 3. The van der Waals surface area contributed by atoms with E-state index in [0.717, 1.165) is 12.1 Å². The first kappa shape index (κ1) is 27.2. The third-order valence-corrected chi connectivity index (χ3v) is 6.75. The fourth-order valence-corrected chi connectivity index (χ4v) is 4.80. The highest BCUT2D eigenvalue weighted by molar-refractivity contribution is 5.98. The van der Waals surface area contributed by atoms with Crippen LogP contribution in [0.25, 0.3) is 0 Å². The number of nitrogens with two attached hydrogens (primary N) is 1. The van der Waals surface area contributed by atoms with Crippen LogP contribution < -0.4 is 16.4 Å². The SMILES string of the molecule is C=NCC1CC(NCc2c(F)cccc2F)CCC1n1cc(C(N)=O)c(Nc2ccc(C(F)(F)F)cc2)n1. The maximum absolute atomic E-state index is 14.0. The molecule has 2 aromatic carbocycles. The van der Waals surface area contributed by atoms with Gasteiger partial charge in [-0.05, 0) is 62.4 Å². The molecule has 38 heavy (non-hydrogen) atoms. The highest BCUT2D eigenvalue weighted by atomic mass is 19.4. The molecule has 1 aliphatic carbocycles. The number of benzene rings is 2. The number of rotatable bonds is 9. The van der Waals surface area contributed by atoms with Crippen molar-refractivity contribution in [3.63, 3.8) is 0 Å². The number of hydrogen-bond donors (Lipinski definition) is 3. The standard InChI is InChI=1S/C26H27F5N6O/c1-33-12-15-11-18(34-13-19-21(27)3-2-4-22(19)28)9-10-23(15)37-14-20(24(32)38)25(36-37)35-17-7-5-16(6-8-17)26(29,30)31/h2-8,14-15,18,23,34H,1,9-13H2,(H2,32,38)(H,35,36). The molecule has 12 heteroatoms. The van der Waals surface area contributed by atoms with Gasteiger partial charge in [0.25, 0.3) is 5.91 Å². The van der Waals surface area contributed by atoms with Crippen LogP contribution in [0.5, 0.6) is 0 Å². The number of primary amides is 1. The lowest BCUT2D eigenvalue weighted by molar-refractivity contribution is -0.137. The van der Waals surface area contributed by atoms with E-state index < -0.39 is 29.3 Å². The first-order valence-corrected chi connectivity index (χ1v) is 12.0. The van der Waals surface area contributed by atoms with E-state index in [1.54, 1.807) is 4.68 Å². The zero-order chi connectivity index (χ0) is 27.4. The lowest BCUT2D eigenvalue weighted by atomic mass is 9.81. The van der Waals surface area contributed by atoms with Crippen molar-refractivity contribution in [1.82, 2.24) is 15.1 Å². The fourth-order valence-electron chi connectivity index (χ4n) is 4.80. The number of hydrogen-bond acceptors (Lipinski definition) is 5. The Bertz CT molecular complexity index is 1270. The molecule has 3 atom stereocenters. The Balaban J connectivity index is 1.49. The van der Waals surface area contributed by atoms with Crippen LogP contribution in [0.3, 0.4) is 0 Å². The van der Waals surface area contributed by atoms with Crippen LogP contribution in [-0.2, 0) is 12.7 Å². The third kappa shape index (κ3) is 6.18. The number of alkyl halides is 3. The Kier molecular flexibility index (Phi) is 8.10. The van der Waals surface area contributed by atoms with E-state index in [9.17, 15) is 26.7 Å². The number of aromatic nitrogens is 2. The zero-order valence-corrected chi connectivity index (χ0v) is 20.3. The van der Waals surface area contributed by atoms with E-state index in [-0.39, 0.29) is 41.5 Å². The van der Waals surface area contributed by atoms with Crippen molar-refractivity contribution >= 4 is 24.1 Å². The van der Waals surface area contributed by atoms with Crippen LogP contribution in [-0.4, -0.2) is 35.0 Å². The van der Waals surface area contributed by atoms with Crippen molar-refractivity contribution in [3.8, 4) is 0 Å². The van der Waals surface area contributed by atoms with Gasteiger partial charge in [-0.25, -0.2) is 8.78 Å². The summed E-state index contributed by atoms with van der Waals surface area (Å²) in [6.07, 6.45) is -1.05.